The lowest BCUT2D eigenvalue weighted by Crippen LogP contribution is -2.34. The van der Waals surface area contributed by atoms with Gasteiger partial charge < -0.3 is 9.84 Å². The molecule has 0 aromatic rings. The summed E-state index contributed by atoms with van der Waals surface area (Å²) in [6, 6.07) is 0. The number of hydrogen-bond acceptors (Lipinski definition) is 3. The molecule has 5 heteroatoms. The van der Waals surface area contributed by atoms with E-state index in [0.717, 1.165) is 6.08 Å². The van der Waals surface area contributed by atoms with Gasteiger partial charge in [-0.1, -0.05) is 6.58 Å². The maximum absolute atomic E-state index is 10.4. The van der Waals surface area contributed by atoms with Crippen LogP contribution in [0.1, 0.15) is 6.92 Å². The largest absolute Gasteiger partial charge is 0.465 e. The topological polar surface area (TPSA) is 75.6 Å². The van der Waals surface area contributed by atoms with Gasteiger partial charge in [-0.25, -0.2) is 9.59 Å². The second-order valence-corrected chi connectivity index (χ2v) is 1.73. The first kappa shape index (κ1) is 9.48. The van der Waals surface area contributed by atoms with Crippen molar-refractivity contribution < 1.29 is 19.4 Å². The van der Waals surface area contributed by atoms with Crippen molar-refractivity contribution in [1.82, 2.24) is 5.32 Å². The third-order valence-corrected chi connectivity index (χ3v) is 0.786. The van der Waals surface area contributed by atoms with Crippen molar-refractivity contribution in [2.24, 2.45) is 0 Å². The number of esters is 1. The minimum absolute atomic E-state index is 0.661. The van der Waals surface area contributed by atoms with Gasteiger partial charge in [0.05, 0.1) is 0 Å². The van der Waals surface area contributed by atoms with E-state index in [1.165, 1.54) is 6.92 Å². The first-order valence-electron chi connectivity index (χ1n) is 2.88. The van der Waals surface area contributed by atoms with Gasteiger partial charge in [0.25, 0.3) is 0 Å². The van der Waals surface area contributed by atoms with Crippen LogP contribution in [-0.4, -0.2) is 23.4 Å². The van der Waals surface area contributed by atoms with Crippen molar-refractivity contribution in [2.75, 3.05) is 0 Å². The van der Waals surface area contributed by atoms with E-state index in [4.69, 9.17) is 5.11 Å². The van der Waals surface area contributed by atoms with E-state index in [1.807, 2.05) is 5.32 Å². The van der Waals surface area contributed by atoms with Crippen molar-refractivity contribution in [2.45, 2.75) is 13.2 Å². The molecule has 1 unspecified atom stereocenters. The Balaban J connectivity index is 3.68. The van der Waals surface area contributed by atoms with E-state index in [0.29, 0.717) is 0 Å². The predicted octanol–water partition coefficient (Wildman–Crippen LogP) is 0.329. The lowest BCUT2D eigenvalue weighted by atomic mass is 10.6. The normalized spacial score (nSPS) is 11.4. The number of nitrogens with one attached hydrogen (secondary N) is 1. The van der Waals surface area contributed by atoms with Crippen LogP contribution in [0.5, 0.6) is 0 Å². The van der Waals surface area contributed by atoms with Gasteiger partial charge in [-0.2, -0.15) is 0 Å². The lowest BCUT2D eigenvalue weighted by Gasteiger charge is -2.10. The number of amides is 1. The van der Waals surface area contributed by atoms with Crippen LogP contribution in [0, 0.1) is 0 Å². The highest BCUT2D eigenvalue weighted by Gasteiger charge is 2.07. The molecule has 1 amide bonds. The van der Waals surface area contributed by atoms with E-state index in [1.54, 1.807) is 0 Å². The Morgan fingerprint density at radius 2 is 2.27 bits per heavy atom. The molecule has 0 aliphatic carbocycles. The second-order valence-electron chi connectivity index (χ2n) is 1.73. The Hall–Kier alpha value is -1.52. The Morgan fingerprint density at radius 1 is 1.73 bits per heavy atom. The molecular formula is C6H9NO4. The smallest absolute Gasteiger partial charge is 0.407 e. The molecule has 0 radical (unpaired) electrons. The lowest BCUT2D eigenvalue weighted by molar-refractivity contribution is -0.143. The van der Waals surface area contributed by atoms with Gasteiger partial charge in [-0.15, -0.1) is 0 Å². The van der Waals surface area contributed by atoms with E-state index >= 15 is 0 Å². The van der Waals surface area contributed by atoms with Crippen LogP contribution in [-0.2, 0) is 9.53 Å². The average molecular weight is 159 g/mol. The summed E-state index contributed by atoms with van der Waals surface area (Å²) in [4.78, 5) is 20.4. The molecule has 0 aliphatic rings. The van der Waals surface area contributed by atoms with Crippen LogP contribution >= 0.6 is 0 Å². The zero-order chi connectivity index (χ0) is 8.85. The fourth-order valence-corrected chi connectivity index (χ4v) is 0.426. The maximum atomic E-state index is 10.4. The van der Waals surface area contributed by atoms with Crippen LogP contribution in [0.3, 0.4) is 0 Å². The zero-order valence-corrected chi connectivity index (χ0v) is 6.03. The van der Waals surface area contributed by atoms with Gasteiger partial charge in [0, 0.05) is 6.08 Å². The van der Waals surface area contributed by atoms with Crippen LogP contribution < -0.4 is 5.32 Å². The van der Waals surface area contributed by atoms with Gasteiger partial charge in [-0.3, -0.25) is 5.32 Å². The molecule has 1 atom stereocenters. The molecule has 0 spiro atoms. The summed E-state index contributed by atoms with van der Waals surface area (Å²) in [5.74, 6) is -0.661. The van der Waals surface area contributed by atoms with Crippen molar-refractivity contribution in [3.05, 3.63) is 12.7 Å². The molecule has 0 fully saturated rings. The molecule has 11 heavy (non-hydrogen) atoms. The molecule has 0 saturated heterocycles. The second kappa shape index (κ2) is 4.32. The average Bonchev–Trinajstić information content (AvgIpc) is 1.85. The summed E-state index contributed by atoms with van der Waals surface area (Å²) in [7, 11) is 0. The molecule has 5 nitrogen and oxygen atoms in total. The highest BCUT2D eigenvalue weighted by Crippen LogP contribution is 1.86. The fraction of sp³-hybridized carbons (Fsp3) is 0.333. The molecule has 0 aromatic carbocycles. The number of carbonyl (C=O) groups is 2. The monoisotopic (exact) mass is 159 g/mol. The Labute approximate surface area is 63.7 Å². The molecule has 0 aromatic heterocycles. The molecule has 0 saturated carbocycles. The predicted molar refractivity (Wildman–Crippen MR) is 36.9 cm³/mol. The third-order valence-electron chi connectivity index (χ3n) is 0.786. The maximum Gasteiger partial charge on any atom is 0.407 e. The van der Waals surface area contributed by atoms with E-state index in [9.17, 15) is 9.59 Å². The number of ether oxygens (including phenoxy) is 1. The summed E-state index contributed by atoms with van der Waals surface area (Å²) < 4.78 is 4.46. The van der Waals surface area contributed by atoms with Gasteiger partial charge in [0.1, 0.15) is 0 Å². The van der Waals surface area contributed by atoms with Gasteiger partial charge in [0.2, 0.25) is 0 Å². The summed E-state index contributed by atoms with van der Waals surface area (Å²) in [6.45, 7) is 4.54. The molecule has 0 aliphatic heterocycles. The Bertz CT molecular complexity index is 177. The summed E-state index contributed by atoms with van der Waals surface area (Å²) in [5.41, 5.74) is 0. The van der Waals surface area contributed by atoms with Gasteiger partial charge in [0.15, 0.2) is 6.23 Å². The van der Waals surface area contributed by atoms with Crippen molar-refractivity contribution >= 4 is 12.1 Å². The molecular weight excluding hydrogens is 150 g/mol. The number of carboxylic acid groups (broad SMARTS) is 1. The van der Waals surface area contributed by atoms with E-state index < -0.39 is 18.3 Å². The van der Waals surface area contributed by atoms with Crippen molar-refractivity contribution in [3.63, 3.8) is 0 Å². The SMILES string of the molecule is C=CC(=O)OC(C)NC(=O)O. The molecule has 2 N–H and O–H groups in total. The number of rotatable bonds is 3. The van der Waals surface area contributed by atoms with Crippen LogP contribution in [0.15, 0.2) is 12.7 Å². The van der Waals surface area contributed by atoms with E-state index in [-0.39, 0.29) is 0 Å². The van der Waals surface area contributed by atoms with Crippen molar-refractivity contribution in [1.29, 1.82) is 0 Å². The number of carbonyl (C=O) groups excluding carboxylic acids is 1. The molecule has 0 bridgehead atoms. The number of hydrogen-bond donors (Lipinski definition) is 2. The highest BCUT2D eigenvalue weighted by atomic mass is 16.6. The quantitative estimate of drug-likeness (QED) is 0.353. The first-order valence-corrected chi connectivity index (χ1v) is 2.88. The van der Waals surface area contributed by atoms with Crippen LogP contribution in [0.4, 0.5) is 4.79 Å². The minimum atomic E-state index is -1.24. The zero-order valence-electron chi connectivity index (χ0n) is 6.03. The van der Waals surface area contributed by atoms with Crippen molar-refractivity contribution in [3.8, 4) is 0 Å². The van der Waals surface area contributed by atoms with Gasteiger partial charge >= 0.3 is 12.1 Å². The Morgan fingerprint density at radius 3 is 2.64 bits per heavy atom. The molecule has 62 valence electrons. The van der Waals surface area contributed by atoms with Crippen LogP contribution in [0.2, 0.25) is 0 Å². The van der Waals surface area contributed by atoms with E-state index in [2.05, 4.69) is 11.3 Å². The standard InChI is InChI=1S/C6H9NO4/c1-3-5(8)11-4(2)7-6(9)10/h3-4,7H,1H2,2H3,(H,9,10). The Kier molecular flexibility index (Phi) is 3.72. The highest BCUT2D eigenvalue weighted by molar-refractivity contribution is 5.81. The summed E-state index contributed by atoms with van der Waals surface area (Å²) >= 11 is 0. The molecule has 0 heterocycles. The summed E-state index contributed by atoms with van der Waals surface area (Å²) in [6.07, 6.45) is -1.13. The minimum Gasteiger partial charge on any atom is -0.465 e. The first-order chi connectivity index (χ1) is 5.06. The summed E-state index contributed by atoms with van der Waals surface area (Å²) in [5, 5.41) is 10.1. The van der Waals surface area contributed by atoms with Crippen LogP contribution in [0.25, 0.3) is 0 Å². The third kappa shape index (κ3) is 4.95. The fourth-order valence-electron chi connectivity index (χ4n) is 0.426. The van der Waals surface area contributed by atoms with Gasteiger partial charge in [-0.05, 0) is 6.92 Å². The molecule has 0 rings (SSSR count).